The van der Waals surface area contributed by atoms with Gasteiger partial charge in [-0.15, -0.1) is 11.3 Å². The van der Waals surface area contributed by atoms with Crippen molar-refractivity contribution in [2.75, 3.05) is 0 Å². The minimum atomic E-state index is -0.973. The highest BCUT2D eigenvalue weighted by molar-refractivity contribution is 9.10. The van der Waals surface area contributed by atoms with Crippen LogP contribution in [0.1, 0.15) is 16.0 Å². The van der Waals surface area contributed by atoms with Crippen molar-refractivity contribution in [3.8, 4) is 5.75 Å². The molecule has 20 heavy (non-hydrogen) atoms. The van der Waals surface area contributed by atoms with Crippen LogP contribution in [0.4, 0.5) is 0 Å². The van der Waals surface area contributed by atoms with Gasteiger partial charge in [0.1, 0.15) is 12.4 Å². The van der Waals surface area contributed by atoms with E-state index in [1.807, 2.05) is 36.6 Å². The fourth-order valence-corrected chi connectivity index (χ4v) is 3.10. The lowest BCUT2D eigenvalue weighted by Crippen LogP contribution is -1.97. The number of aliphatic carboxylic acids is 1. The summed E-state index contributed by atoms with van der Waals surface area (Å²) in [6.45, 7) is 2.41. The van der Waals surface area contributed by atoms with Crippen molar-refractivity contribution >= 4 is 39.3 Å². The minimum Gasteiger partial charge on any atom is -0.487 e. The van der Waals surface area contributed by atoms with Crippen LogP contribution in [0.5, 0.6) is 5.75 Å². The van der Waals surface area contributed by atoms with E-state index in [-0.39, 0.29) is 0 Å². The molecule has 0 unspecified atom stereocenters. The first kappa shape index (κ1) is 14.8. The van der Waals surface area contributed by atoms with E-state index in [2.05, 4.69) is 15.9 Å². The molecule has 5 heteroatoms. The van der Waals surface area contributed by atoms with Gasteiger partial charge in [0.15, 0.2) is 0 Å². The van der Waals surface area contributed by atoms with Crippen LogP contribution >= 0.6 is 27.3 Å². The maximum absolute atomic E-state index is 10.6. The Kier molecular flexibility index (Phi) is 4.98. The van der Waals surface area contributed by atoms with E-state index in [0.29, 0.717) is 6.61 Å². The molecule has 1 aromatic heterocycles. The number of hydrogen-bond acceptors (Lipinski definition) is 3. The summed E-state index contributed by atoms with van der Waals surface area (Å²) in [4.78, 5) is 11.7. The van der Waals surface area contributed by atoms with Crippen molar-refractivity contribution in [2.45, 2.75) is 13.5 Å². The number of ether oxygens (including phenoxy) is 1. The molecule has 0 fully saturated rings. The normalized spacial score (nSPS) is 10.9. The van der Waals surface area contributed by atoms with Gasteiger partial charge in [-0.2, -0.15) is 0 Å². The molecule has 1 heterocycles. The largest absolute Gasteiger partial charge is 0.487 e. The lowest BCUT2D eigenvalue weighted by Gasteiger charge is -2.11. The van der Waals surface area contributed by atoms with Gasteiger partial charge in [-0.3, -0.25) is 0 Å². The summed E-state index contributed by atoms with van der Waals surface area (Å²) in [5, 5.41) is 10.7. The Hall–Kier alpha value is -1.59. The molecule has 1 N–H and O–H groups in total. The highest BCUT2D eigenvalue weighted by Crippen LogP contribution is 2.27. The first-order chi connectivity index (χ1) is 9.56. The van der Waals surface area contributed by atoms with Crippen LogP contribution in [0.25, 0.3) is 6.08 Å². The number of thiophene rings is 1. The average Bonchev–Trinajstić information content (AvgIpc) is 2.81. The molecule has 0 saturated heterocycles. The van der Waals surface area contributed by atoms with Gasteiger partial charge >= 0.3 is 5.97 Å². The quantitative estimate of drug-likeness (QED) is 0.806. The second-order valence-electron chi connectivity index (χ2n) is 4.18. The van der Waals surface area contributed by atoms with Gasteiger partial charge in [-0.1, -0.05) is 18.2 Å². The Morgan fingerprint density at radius 1 is 1.50 bits per heavy atom. The third-order valence-corrected chi connectivity index (χ3v) is 4.30. The molecule has 104 valence electrons. The minimum absolute atomic E-state index is 0.467. The third kappa shape index (κ3) is 3.95. The van der Waals surface area contributed by atoms with E-state index < -0.39 is 5.97 Å². The maximum Gasteiger partial charge on any atom is 0.328 e. The van der Waals surface area contributed by atoms with E-state index in [0.717, 1.165) is 32.3 Å². The summed E-state index contributed by atoms with van der Waals surface area (Å²) < 4.78 is 6.88. The number of carboxylic acid groups (broad SMARTS) is 1. The van der Waals surface area contributed by atoms with Gasteiger partial charge in [0.05, 0.1) is 0 Å². The predicted molar refractivity (Wildman–Crippen MR) is 84.2 cm³/mol. The van der Waals surface area contributed by atoms with Gasteiger partial charge in [0, 0.05) is 26.4 Å². The van der Waals surface area contributed by atoms with Crippen molar-refractivity contribution in [3.63, 3.8) is 0 Å². The first-order valence-electron chi connectivity index (χ1n) is 5.92. The Morgan fingerprint density at radius 2 is 2.30 bits per heavy atom. The van der Waals surface area contributed by atoms with E-state index in [4.69, 9.17) is 9.84 Å². The van der Waals surface area contributed by atoms with Gasteiger partial charge in [0.25, 0.3) is 0 Å². The summed E-state index contributed by atoms with van der Waals surface area (Å²) in [5.74, 6) is -0.255. The van der Waals surface area contributed by atoms with Crippen molar-refractivity contribution in [3.05, 3.63) is 56.2 Å². The van der Waals surface area contributed by atoms with Crippen molar-refractivity contribution in [1.29, 1.82) is 0 Å². The Morgan fingerprint density at radius 3 is 2.95 bits per heavy atom. The highest BCUT2D eigenvalue weighted by Gasteiger charge is 2.06. The number of aryl methyl sites for hydroxylation is 1. The second-order valence-corrected chi connectivity index (χ2v) is 6.10. The zero-order chi connectivity index (χ0) is 14.5. The third-order valence-electron chi connectivity index (χ3n) is 2.63. The molecule has 0 amide bonds. The highest BCUT2D eigenvalue weighted by atomic mass is 79.9. The topological polar surface area (TPSA) is 46.5 Å². The van der Waals surface area contributed by atoms with Crippen molar-refractivity contribution in [1.82, 2.24) is 0 Å². The van der Waals surface area contributed by atoms with Gasteiger partial charge in [-0.05, 0) is 40.6 Å². The number of carbonyl (C=O) groups is 1. The molecule has 1 aromatic carbocycles. The van der Waals surface area contributed by atoms with Crippen LogP contribution in [0.3, 0.4) is 0 Å². The Labute approximate surface area is 129 Å². The summed E-state index contributed by atoms with van der Waals surface area (Å²) >= 11 is 5.02. The molecular weight excluding hydrogens is 340 g/mol. The number of benzene rings is 1. The van der Waals surface area contributed by atoms with Crippen LogP contribution in [-0.4, -0.2) is 11.1 Å². The monoisotopic (exact) mass is 352 g/mol. The summed E-state index contributed by atoms with van der Waals surface area (Å²) in [7, 11) is 0. The Balaban J connectivity index is 2.19. The predicted octanol–water partition coefficient (Wildman–Crippen LogP) is 4.50. The van der Waals surface area contributed by atoms with E-state index in [1.54, 1.807) is 17.4 Å². The smallest absolute Gasteiger partial charge is 0.328 e. The molecule has 0 atom stereocenters. The molecule has 0 saturated carbocycles. The fourth-order valence-electron chi connectivity index (χ4n) is 1.74. The number of hydrogen-bond donors (Lipinski definition) is 1. The molecule has 0 aliphatic carbocycles. The number of rotatable bonds is 5. The van der Waals surface area contributed by atoms with Crippen LogP contribution in [0, 0.1) is 6.92 Å². The van der Waals surface area contributed by atoms with Gasteiger partial charge in [0.2, 0.25) is 0 Å². The van der Waals surface area contributed by atoms with E-state index in [1.165, 1.54) is 0 Å². The summed E-state index contributed by atoms with van der Waals surface area (Å²) in [6, 6.07) is 7.67. The zero-order valence-corrected chi connectivity index (χ0v) is 13.2. The molecule has 2 aromatic rings. The average molecular weight is 353 g/mol. The fraction of sp³-hybridized carbons (Fsp3) is 0.133. The van der Waals surface area contributed by atoms with E-state index in [9.17, 15) is 4.79 Å². The standard InChI is InChI=1S/C15H13BrO3S/c1-10-3-2-4-11(5-6-14(17)18)15(10)19-8-13-7-12(16)9-20-13/h2-7,9H,8H2,1H3,(H,17,18)/b6-5+. The van der Waals surface area contributed by atoms with Crippen LogP contribution < -0.4 is 4.74 Å². The van der Waals surface area contributed by atoms with Crippen LogP contribution in [0.15, 0.2) is 40.2 Å². The number of halogens is 1. The molecule has 0 spiro atoms. The number of carboxylic acids is 1. The zero-order valence-electron chi connectivity index (χ0n) is 10.8. The Bertz CT molecular complexity index is 646. The van der Waals surface area contributed by atoms with Gasteiger partial charge < -0.3 is 9.84 Å². The molecule has 0 aliphatic heterocycles. The molecule has 0 bridgehead atoms. The molecule has 0 aliphatic rings. The lowest BCUT2D eigenvalue weighted by atomic mass is 10.1. The maximum atomic E-state index is 10.6. The van der Waals surface area contributed by atoms with Crippen molar-refractivity contribution < 1.29 is 14.6 Å². The van der Waals surface area contributed by atoms with Crippen LogP contribution in [-0.2, 0) is 11.4 Å². The molecule has 0 radical (unpaired) electrons. The van der Waals surface area contributed by atoms with Gasteiger partial charge in [-0.25, -0.2) is 4.79 Å². The van der Waals surface area contributed by atoms with Crippen LogP contribution in [0.2, 0.25) is 0 Å². The number of para-hydroxylation sites is 1. The summed E-state index contributed by atoms with van der Waals surface area (Å²) in [5.41, 5.74) is 1.75. The van der Waals surface area contributed by atoms with E-state index >= 15 is 0 Å². The molecule has 2 rings (SSSR count). The SMILES string of the molecule is Cc1cccc(/C=C/C(=O)O)c1OCc1cc(Br)cs1. The first-order valence-corrected chi connectivity index (χ1v) is 7.60. The molecular formula is C15H13BrO3S. The molecule has 3 nitrogen and oxygen atoms in total. The van der Waals surface area contributed by atoms with Crippen molar-refractivity contribution in [2.24, 2.45) is 0 Å². The lowest BCUT2D eigenvalue weighted by molar-refractivity contribution is -0.131. The second kappa shape index (κ2) is 6.72. The summed E-state index contributed by atoms with van der Waals surface area (Å²) in [6.07, 6.45) is 2.67.